The Morgan fingerprint density at radius 1 is 1.44 bits per heavy atom. The van der Waals surface area contributed by atoms with E-state index in [0.29, 0.717) is 16.9 Å². The number of Topliss-reactive ketones (excluding diaryl/α,β-unsaturated/α-hetero) is 1. The number of halogens is 1. The molecule has 1 aliphatic rings. The molecule has 3 nitrogen and oxygen atoms in total. The lowest BCUT2D eigenvalue weighted by Gasteiger charge is -2.19. The smallest absolute Gasteiger partial charge is 0.197 e. The summed E-state index contributed by atoms with van der Waals surface area (Å²) in [7, 11) is 3.64. The van der Waals surface area contributed by atoms with Gasteiger partial charge in [-0.2, -0.15) is 0 Å². The second kappa shape index (κ2) is 3.96. The van der Waals surface area contributed by atoms with Crippen molar-refractivity contribution in [1.29, 1.82) is 0 Å². The third kappa shape index (κ3) is 1.91. The number of fused-ring (bicyclic) bond motifs is 1. The summed E-state index contributed by atoms with van der Waals surface area (Å²) in [6, 6.07) is 3.97. The summed E-state index contributed by atoms with van der Waals surface area (Å²) in [5.74, 6) is -0.154. The summed E-state index contributed by atoms with van der Waals surface area (Å²) >= 11 is 0. The normalized spacial score (nSPS) is 16.9. The molecule has 0 bridgehead atoms. The Hall–Kier alpha value is -1.84. The fraction of sp³-hybridized carbons (Fsp3) is 0.250. The minimum Gasteiger partial charge on any atom is -0.488 e. The number of nitrogens with zero attached hydrogens (tertiary/aromatic N) is 1. The Morgan fingerprint density at radius 2 is 2.19 bits per heavy atom. The summed E-state index contributed by atoms with van der Waals surface area (Å²) in [5.41, 5.74) is 0.822. The van der Waals surface area contributed by atoms with E-state index in [9.17, 15) is 9.18 Å². The number of carbonyl (C=O) groups excluding carboxylic acids is 1. The van der Waals surface area contributed by atoms with Gasteiger partial charge in [-0.05, 0) is 18.2 Å². The van der Waals surface area contributed by atoms with Gasteiger partial charge in [0.15, 0.2) is 5.78 Å². The molecule has 0 atom stereocenters. The van der Waals surface area contributed by atoms with Gasteiger partial charge in [0.05, 0.1) is 11.1 Å². The van der Waals surface area contributed by atoms with Gasteiger partial charge >= 0.3 is 0 Å². The molecule has 0 fully saturated rings. The van der Waals surface area contributed by atoms with E-state index in [0.717, 1.165) is 0 Å². The van der Waals surface area contributed by atoms with Crippen molar-refractivity contribution >= 4 is 5.78 Å². The van der Waals surface area contributed by atoms with Crippen LogP contribution in [0.25, 0.3) is 0 Å². The molecule has 0 spiro atoms. The van der Waals surface area contributed by atoms with E-state index in [1.165, 1.54) is 18.2 Å². The first-order valence-electron chi connectivity index (χ1n) is 4.92. The molecule has 84 valence electrons. The molecule has 0 unspecified atom stereocenters. The number of hydrogen-bond donors (Lipinski definition) is 0. The van der Waals surface area contributed by atoms with Crippen molar-refractivity contribution in [2.45, 2.75) is 0 Å². The molecule has 4 heteroatoms. The molecule has 0 amide bonds. The zero-order chi connectivity index (χ0) is 11.7. The van der Waals surface area contributed by atoms with Gasteiger partial charge in [0.25, 0.3) is 0 Å². The summed E-state index contributed by atoms with van der Waals surface area (Å²) in [6.45, 7) is 0.232. The van der Waals surface area contributed by atoms with Crippen molar-refractivity contribution in [2.24, 2.45) is 0 Å². The number of hydrogen-bond acceptors (Lipinski definition) is 3. The Morgan fingerprint density at radius 3 is 2.88 bits per heavy atom. The van der Waals surface area contributed by atoms with Gasteiger partial charge in [0, 0.05) is 20.3 Å². The summed E-state index contributed by atoms with van der Waals surface area (Å²) in [4.78, 5) is 13.7. The summed E-state index contributed by atoms with van der Waals surface area (Å²) in [6.07, 6.45) is 1.69. The molecule has 1 heterocycles. The molecule has 1 aliphatic heterocycles. The van der Waals surface area contributed by atoms with Crippen LogP contribution in [0.3, 0.4) is 0 Å². The summed E-state index contributed by atoms with van der Waals surface area (Å²) < 4.78 is 18.4. The first kappa shape index (κ1) is 10.7. The fourth-order valence-corrected chi connectivity index (χ4v) is 1.61. The van der Waals surface area contributed by atoms with Crippen molar-refractivity contribution in [3.8, 4) is 5.75 Å². The largest absolute Gasteiger partial charge is 0.488 e. The maximum atomic E-state index is 13.0. The van der Waals surface area contributed by atoms with E-state index >= 15 is 0 Å². The summed E-state index contributed by atoms with van der Waals surface area (Å²) in [5, 5.41) is 0. The second-order valence-corrected chi connectivity index (χ2v) is 3.88. The van der Waals surface area contributed by atoms with E-state index in [1.807, 2.05) is 14.1 Å². The first-order chi connectivity index (χ1) is 7.58. The minimum atomic E-state index is -0.429. The number of benzene rings is 1. The van der Waals surface area contributed by atoms with Gasteiger partial charge in [-0.15, -0.1) is 0 Å². The van der Waals surface area contributed by atoms with E-state index < -0.39 is 5.82 Å². The molecule has 0 radical (unpaired) electrons. The predicted octanol–water partition coefficient (Wildman–Crippen LogP) is 1.85. The molecule has 0 aromatic heterocycles. The van der Waals surface area contributed by atoms with Crippen LogP contribution in [0, 0.1) is 5.82 Å². The SMILES string of the molecule is CN(C)/C=C1\COc2ccc(F)cc2C1=O. The van der Waals surface area contributed by atoms with Gasteiger partial charge < -0.3 is 9.64 Å². The lowest BCUT2D eigenvalue weighted by Crippen LogP contribution is -2.21. The zero-order valence-corrected chi connectivity index (χ0v) is 9.16. The van der Waals surface area contributed by atoms with Gasteiger partial charge in [-0.25, -0.2) is 4.39 Å². The average molecular weight is 221 g/mol. The highest BCUT2D eigenvalue weighted by molar-refractivity contribution is 6.11. The monoisotopic (exact) mass is 221 g/mol. The maximum absolute atomic E-state index is 13.0. The molecular weight excluding hydrogens is 209 g/mol. The van der Waals surface area contributed by atoms with Crippen LogP contribution >= 0.6 is 0 Å². The maximum Gasteiger partial charge on any atom is 0.197 e. The van der Waals surface area contributed by atoms with Crippen molar-refractivity contribution in [3.63, 3.8) is 0 Å². The predicted molar refractivity (Wildman–Crippen MR) is 58.0 cm³/mol. The van der Waals surface area contributed by atoms with E-state index in [2.05, 4.69) is 0 Å². The van der Waals surface area contributed by atoms with Crippen LogP contribution in [-0.2, 0) is 0 Å². The molecule has 1 aromatic rings. The topological polar surface area (TPSA) is 29.5 Å². The molecule has 2 rings (SSSR count). The van der Waals surface area contributed by atoms with E-state index in [-0.39, 0.29) is 12.4 Å². The van der Waals surface area contributed by atoms with Crippen LogP contribution in [0.2, 0.25) is 0 Å². The minimum absolute atomic E-state index is 0.172. The van der Waals surface area contributed by atoms with Gasteiger partial charge in [-0.3, -0.25) is 4.79 Å². The lowest BCUT2D eigenvalue weighted by molar-refractivity contribution is 0.0996. The highest BCUT2D eigenvalue weighted by Crippen LogP contribution is 2.27. The van der Waals surface area contributed by atoms with Crippen LogP contribution in [0.4, 0.5) is 4.39 Å². The molecule has 16 heavy (non-hydrogen) atoms. The van der Waals surface area contributed by atoms with Crippen molar-refractivity contribution < 1.29 is 13.9 Å². The quantitative estimate of drug-likeness (QED) is 0.678. The van der Waals surface area contributed by atoms with Crippen LogP contribution in [-0.4, -0.2) is 31.4 Å². The Bertz CT molecular complexity index is 466. The van der Waals surface area contributed by atoms with E-state index in [1.54, 1.807) is 11.1 Å². The molecule has 0 N–H and O–H groups in total. The fourth-order valence-electron chi connectivity index (χ4n) is 1.61. The van der Waals surface area contributed by atoms with E-state index in [4.69, 9.17) is 4.74 Å². The van der Waals surface area contributed by atoms with Crippen LogP contribution in [0.1, 0.15) is 10.4 Å². The van der Waals surface area contributed by atoms with Crippen molar-refractivity contribution in [3.05, 3.63) is 41.4 Å². The number of carbonyl (C=O) groups is 1. The number of rotatable bonds is 1. The Balaban J connectivity index is 2.42. The third-order valence-corrected chi connectivity index (χ3v) is 2.28. The number of ketones is 1. The van der Waals surface area contributed by atoms with Gasteiger partial charge in [0.1, 0.15) is 18.2 Å². The zero-order valence-electron chi connectivity index (χ0n) is 9.16. The van der Waals surface area contributed by atoms with Crippen LogP contribution < -0.4 is 4.74 Å². The van der Waals surface area contributed by atoms with Crippen LogP contribution in [0.5, 0.6) is 5.75 Å². The van der Waals surface area contributed by atoms with Gasteiger partial charge in [0.2, 0.25) is 0 Å². The molecule has 0 saturated heterocycles. The second-order valence-electron chi connectivity index (χ2n) is 3.88. The Labute approximate surface area is 93.1 Å². The Kier molecular flexibility index (Phi) is 2.64. The molecule has 1 aromatic carbocycles. The van der Waals surface area contributed by atoms with Gasteiger partial charge in [-0.1, -0.05) is 0 Å². The third-order valence-electron chi connectivity index (χ3n) is 2.28. The molecular formula is C12H12FNO2. The van der Waals surface area contributed by atoms with Crippen molar-refractivity contribution in [2.75, 3.05) is 20.7 Å². The molecule has 0 aliphatic carbocycles. The standard InChI is InChI=1S/C12H12FNO2/c1-14(2)6-8-7-16-11-4-3-9(13)5-10(11)12(8)15/h3-6H,7H2,1-2H3/b8-6+. The highest BCUT2D eigenvalue weighted by Gasteiger charge is 2.23. The number of ether oxygens (including phenoxy) is 1. The molecule has 0 saturated carbocycles. The first-order valence-corrected chi connectivity index (χ1v) is 4.92. The van der Waals surface area contributed by atoms with Crippen LogP contribution in [0.15, 0.2) is 30.0 Å². The average Bonchev–Trinajstić information content (AvgIpc) is 2.22. The van der Waals surface area contributed by atoms with Crippen molar-refractivity contribution in [1.82, 2.24) is 4.90 Å². The highest BCUT2D eigenvalue weighted by atomic mass is 19.1. The lowest BCUT2D eigenvalue weighted by atomic mass is 10.0.